The van der Waals surface area contributed by atoms with Gasteiger partial charge in [-0.15, -0.1) is 0 Å². The number of carbonyl (C=O) groups is 2. The van der Waals surface area contributed by atoms with Gasteiger partial charge >= 0.3 is 0 Å². The first-order chi connectivity index (χ1) is 14.9. The number of nitrogens with zero attached hydrogens (tertiary/aromatic N) is 3. The zero-order valence-corrected chi connectivity index (χ0v) is 18.1. The van der Waals surface area contributed by atoms with E-state index in [2.05, 4.69) is 24.0 Å². The number of hydrogen-bond donors (Lipinski definition) is 0. The van der Waals surface area contributed by atoms with Crippen LogP contribution in [0.4, 0.5) is 5.69 Å². The summed E-state index contributed by atoms with van der Waals surface area (Å²) in [6.07, 6.45) is 4.49. The molecule has 164 valence electrons. The first-order valence-electron chi connectivity index (χ1n) is 10.4. The van der Waals surface area contributed by atoms with Gasteiger partial charge in [-0.2, -0.15) is 0 Å². The Morgan fingerprint density at radius 1 is 1.00 bits per heavy atom. The van der Waals surface area contributed by atoms with Crippen molar-refractivity contribution in [2.45, 2.75) is 33.2 Å². The molecule has 0 atom stereocenters. The van der Waals surface area contributed by atoms with Crippen molar-refractivity contribution in [2.75, 3.05) is 19.6 Å². The molecule has 2 amide bonds. The van der Waals surface area contributed by atoms with Crippen LogP contribution in [0, 0.1) is 10.1 Å². The number of amides is 2. The van der Waals surface area contributed by atoms with Crippen LogP contribution < -0.4 is 0 Å². The van der Waals surface area contributed by atoms with Gasteiger partial charge in [-0.25, -0.2) is 0 Å². The number of nitro groups is 1. The fourth-order valence-corrected chi connectivity index (χ4v) is 3.18. The average molecular weight is 424 g/mol. The first-order valence-corrected chi connectivity index (χ1v) is 10.4. The summed E-state index contributed by atoms with van der Waals surface area (Å²) in [5.74, 6) is -0.683. The minimum Gasteiger partial charge on any atom is -0.299 e. The maximum Gasteiger partial charge on any atom is 0.269 e. The minimum atomic E-state index is -0.477. The fourth-order valence-electron chi connectivity index (χ4n) is 3.18. The average Bonchev–Trinajstić information content (AvgIpc) is 2.77. The quantitative estimate of drug-likeness (QED) is 0.233. The second-order valence-electron chi connectivity index (χ2n) is 7.25. The summed E-state index contributed by atoms with van der Waals surface area (Å²) in [5.41, 5.74) is 1.91. The van der Waals surface area contributed by atoms with Crippen molar-refractivity contribution in [3.63, 3.8) is 0 Å². The summed E-state index contributed by atoms with van der Waals surface area (Å²) in [7, 11) is 0. The second-order valence-corrected chi connectivity index (χ2v) is 7.25. The Morgan fingerprint density at radius 3 is 2.23 bits per heavy atom. The molecule has 2 aromatic carbocycles. The van der Waals surface area contributed by atoms with E-state index in [1.54, 1.807) is 18.2 Å². The molecule has 31 heavy (non-hydrogen) atoms. The van der Waals surface area contributed by atoms with E-state index in [1.165, 1.54) is 35.6 Å². The van der Waals surface area contributed by atoms with Gasteiger partial charge in [0.1, 0.15) is 0 Å². The Hall–Kier alpha value is -3.32. The van der Waals surface area contributed by atoms with Gasteiger partial charge in [0.15, 0.2) is 0 Å². The molecule has 7 heteroatoms. The largest absolute Gasteiger partial charge is 0.299 e. The van der Waals surface area contributed by atoms with Gasteiger partial charge in [-0.05, 0) is 55.3 Å². The van der Waals surface area contributed by atoms with E-state index in [0.29, 0.717) is 12.1 Å². The lowest BCUT2D eigenvalue weighted by atomic mass is 10.2. The predicted molar refractivity (Wildman–Crippen MR) is 121 cm³/mol. The lowest BCUT2D eigenvalue weighted by Crippen LogP contribution is -2.35. The molecular formula is C24H29N3O4. The molecule has 0 heterocycles. The zero-order chi connectivity index (χ0) is 22.6. The van der Waals surface area contributed by atoms with Crippen LogP contribution in [0.2, 0.25) is 0 Å². The molecule has 0 fully saturated rings. The van der Waals surface area contributed by atoms with Gasteiger partial charge in [-0.1, -0.05) is 37.3 Å². The summed E-state index contributed by atoms with van der Waals surface area (Å²) in [4.78, 5) is 38.2. The molecule has 0 bridgehead atoms. The van der Waals surface area contributed by atoms with E-state index in [9.17, 15) is 19.7 Å². The summed E-state index contributed by atoms with van der Waals surface area (Å²) in [5, 5.41) is 10.7. The van der Waals surface area contributed by atoms with Crippen molar-refractivity contribution in [3.8, 4) is 0 Å². The number of carbonyl (C=O) groups excluding carboxylic acids is 2. The summed E-state index contributed by atoms with van der Waals surface area (Å²) in [6, 6.07) is 16.2. The molecular weight excluding hydrogens is 394 g/mol. The van der Waals surface area contributed by atoms with Crippen LogP contribution in [-0.2, 0) is 16.1 Å². The van der Waals surface area contributed by atoms with Crippen molar-refractivity contribution in [3.05, 3.63) is 81.9 Å². The Kier molecular flexibility index (Phi) is 9.58. The third-order valence-electron chi connectivity index (χ3n) is 4.97. The Morgan fingerprint density at radius 2 is 1.65 bits per heavy atom. The highest BCUT2D eigenvalue weighted by molar-refractivity contribution is 6.02. The molecule has 0 saturated carbocycles. The maximum atomic E-state index is 12.5. The molecule has 0 aliphatic rings. The van der Waals surface area contributed by atoms with Crippen molar-refractivity contribution in [1.82, 2.24) is 9.80 Å². The van der Waals surface area contributed by atoms with Gasteiger partial charge in [0.05, 0.1) is 4.92 Å². The number of imide groups is 1. The number of unbranched alkanes of at least 4 members (excludes halogenated alkanes) is 1. The van der Waals surface area contributed by atoms with Gasteiger partial charge < -0.3 is 0 Å². The molecule has 0 saturated heterocycles. The molecule has 0 aliphatic carbocycles. The number of nitro benzene ring substituents is 1. The molecule has 0 N–H and O–H groups in total. The third-order valence-corrected chi connectivity index (χ3v) is 4.97. The molecule has 0 aliphatic heterocycles. The van der Waals surface area contributed by atoms with E-state index in [1.807, 2.05) is 18.2 Å². The molecule has 0 radical (unpaired) electrons. The van der Waals surface area contributed by atoms with Gasteiger partial charge in [-0.3, -0.25) is 29.5 Å². The highest BCUT2D eigenvalue weighted by Gasteiger charge is 2.15. The van der Waals surface area contributed by atoms with Crippen LogP contribution in [0.3, 0.4) is 0 Å². The topological polar surface area (TPSA) is 83.8 Å². The number of non-ortho nitro benzene ring substituents is 1. The number of rotatable bonds is 11. The van der Waals surface area contributed by atoms with Crippen molar-refractivity contribution in [2.24, 2.45) is 0 Å². The van der Waals surface area contributed by atoms with Crippen molar-refractivity contribution < 1.29 is 14.5 Å². The normalized spacial score (nSPS) is 11.1. The molecule has 0 spiro atoms. The van der Waals surface area contributed by atoms with Gasteiger partial charge in [0, 0.05) is 38.2 Å². The molecule has 7 nitrogen and oxygen atoms in total. The predicted octanol–water partition coefficient (Wildman–Crippen LogP) is 4.29. The molecule has 0 aromatic heterocycles. The lowest BCUT2D eigenvalue weighted by molar-refractivity contribution is -0.384. The van der Waals surface area contributed by atoms with Crippen LogP contribution in [0.15, 0.2) is 60.7 Å². The Balaban J connectivity index is 1.83. The fraction of sp³-hybridized carbons (Fsp3) is 0.333. The maximum absolute atomic E-state index is 12.5. The Bertz CT molecular complexity index is 895. The van der Waals surface area contributed by atoms with Crippen LogP contribution in [0.5, 0.6) is 0 Å². The van der Waals surface area contributed by atoms with E-state index in [-0.39, 0.29) is 17.5 Å². The SMILES string of the molecule is CCN(CCCCN(C(C)=O)C(=O)/C=C/c1ccc([N+](=O)[O-])cc1)Cc1ccccc1. The minimum absolute atomic E-state index is 0.0118. The highest BCUT2D eigenvalue weighted by Crippen LogP contribution is 2.13. The van der Waals surface area contributed by atoms with Gasteiger partial charge in [0.25, 0.3) is 11.6 Å². The smallest absolute Gasteiger partial charge is 0.269 e. The van der Waals surface area contributed by atoms with Gasteiger partial charge in [0.2, 0.25) is 5.91 Å². The standard InChI is InChI=1S/C24H29N3O4/c1-3-25(19-22-9-5-4-6-10-22)17-7-8-18-26(20(2)28)24(29)16-13-21-11-14-23(15-12-21)27(30)31/h4-6,9-16H,3,7-8,17-19H2,1-2H3/b16-13+. The van der Waals surface area contributed by atoms with Crippen LogP contribution in [0.25, 0.3) is 6.08 Å². The summed E-state index contributed by atoms with van der Waals surface area (Å²) >= 11 is 0. The number of benzene rings is 2. The van der Waals surface area contributed by atoms with Crippen LogP contribution >= 0.6 is 0 Å². The molecule has 0 unspecified atom stereocenters. The highest BCUT2D eigenvalue weighted by atomic mass is 16.6. The summed E-state index contributed by atoms with van der Waals surface area (Å²) < 4.78 is 0. The third kappa shape index (κ3) is 8.14. The summed E-state index contributed by atoms with van der Waals surface area (Å²) in [6.45, 7) is 6.57. The van der Waals surface area contributed by atoms with Crippen LogP contribution in [-0.4, -0.2) is 46.2 Å². The van der Waals surface area contributed by atoms with Crippen LogP contribution in [0.1, 0.15) is 37.8 Å². The number of hydrogen-bond acceptors (Lipinski definition) is 5. The van der Waals surface area contributed by atoms with E-state index < -0.39 is 4.92 Å². The zero-order valence-electron chi connectivity index (χ0n) is 18.1. The van der Waals surface area contributed by atoms with Crippen molar-refractivity contribution >= 4 is 23.6 Å². The Labute approximate surface area is 183 Å². The first kappa shape index (κ1) is 24.0. The molecule has 2 rings (SSSR count). The van der Waals surface area contributed by atoms with E-state index >= 15 is 0 Å². The van der Waals surface area contributed by atoms with E-state index in [4.69, 9.17) is 0 Å². The van der Waals surface area contributed by atoms with E-state index in [0.717, 1.165) is 32.5 Å². The monoisotopic (exact) mass is 423 g/mol. The molecule has 2 aromatic rings. The lowest BCUT2D eigenvalue weighted by Gasteiger charge is -2.22. The second kappa shape index (κ2) is 12.4. The van der Waals surface area contributed by atoms with Crippen molar-refractivity contribution in [1.29, 1.82) is 0 Å².